The maximum absolute atomic E-state index is 6.51. The van der Waals surface area contributed by atoms with Crippen molar-refractivity contribution in [2.24, 2.45) is 0 Å². The number of aromatic nitrogens is 2. The van der Waals surface area contributed by atoms with Crippen LogP contribution in [-0.2, 0) is 0 Å². The highest BCUT2D eigenvalue weighted by molar-refractivity contribution is 6.15. The highest BCUT2D eigenvalue weighted by atomic mass is 16.3. The monoisotopic (exact) mass is 664 g/mol. The molecular weight excluding hydrogens is 637 g/mol. The van der Waals surface area contributed by atoms with E-state index in [0.717, 1.165) is 71.8 Å². The van der Waals surface area contributed by atoms with Gasteiger partial charge in [0.1, 0.15) is 16.7 Å². The molecule has 0 saturated heterocycles. The summed E-state index contributed by atoms with van der Waals surface area (Å²) >= 11 is 0. The summed E-state index contributed by atoms with van der Waals surface area (Å²) in [5, 5.41) is 9.40. The summed E-state index contributed by atoms with van der Waals surface area (Å²) < 4.78 is 17.5. The van der Waals surface area contributed by atoms with Gasteiger partial charge in [0, 0.05) is 54.8 Å². The predicted octanol–water partition coefficient (Wildman–Crippen LogP) is 13.3. The minimum Gasteiger partial charge on any atom is -0.456 e. The smallest absolute Gasteiger partial charge is 0.159 e. The van der Waals surface area contributed by atoms with E-state index in [1.807, 2.05) is 24.3 Å². The van der Waals surface area contributed by atoms with Crippen LogP contribution in [0, 0.1) is 0 Å². The van der Waals surface area contributed by atoms with Crippen molar-refractivity contribution in [2.75, 3.05) is 0 Å². The van der Waals surface area contributed by atoms with Crippen molar-refractivity contribution >= 4 is 87.5 Å². The first-order chi connectivity index (χ1) is 25.8. The van der Waals surface area contributed by atoms with E-state index in [9.17, 15) is 0 Å². The SMILES string of the molecule is c1ccc2c(c1)oc1cc(-n3c4ccccc4c4cc(-c5ccc6c(c5)c5ccccc5n6-c5cccc6c5oc5ccccc56)ccc43)ccc12. The number of hydrogen-bond acceptors (Lipinski definition) is 2. The first-order valence-electron chi connectivity index (χ1n) is 17.7. The quantitative estimate of drug-likeness (QED) is 0.188. The lowest BCUT2D eigenvalue weighted by Gasteiger charge is -2.10. The van der Waals surface area contributed by atoms with Crippen molar-refractivity contribution in [2.45, 2.75) is 0 Å². The van der Waals surface area contributed by atoms with Gasteiger partial charge in [0.25, 0.3) is 0 Å². The van der Waals surface area contributed by atoms with Gasteiger partial charge in [-0.1, -0.05) is 97.1 Å². The molecule has 242 valence electrons. The summed E-state index contributed by atoms with van der Waals surface area (Å²) in [4.78, 5) is 0. The van der Waals surface area contributed by atoms with Crippen molar-refractivity contribution < 1.29 is 8.83 Å². The zero-order valence-electron chi connectivity index (χ0n) is 27.9. The summed E-state index contributed by atoms with van der Waals surface area (Å²) in [6, 6.07) is 60.7. The first kappa shape index (κ1) is 27.7. The minimum atomic E-state index is 0.894. The van der Waals surface area contributed by atoms with E-state index >= 15 is 0 Å². The lowest BCUT2D eigenvalue weighted by atomic mass is 10.0. The molecule has 4 heteroatoms. The molecule has 12 aromatic rings. The second-order valence-corrected chi connectivity index (χ2v) is 13.7. The number of benzene rings is 8. The van der Waals surface area contributed by atoms with Crippen LogP contribution in [0.1, 0.15) is 0 Å². The Bertz CT molecular complexity index is 3420. The van der Waals surface area contributed by atoms with Crippen LogP contribution in [-0.4, -0.2) is 9.13 Å². The van der Waals surface area contributed by atoms with E-state index < -0.39 is 0 Å². The third kappa shape index (κ3) is 3.75. The van der Waals surface area contributed by atoms with E-state index in [4.69, 9.17) is 8.83 Å². The molecule has 0 radical (unpaired) electrons. The van der Waals surface area contributed by atoms with Gasteiger partial charge in [-0.25, -0.2) is 0 Å². The highest BCUT2D eigenvalue weighted by Gasteiger charge is 2.19. The van der Waals surface area contributed by atoms with E-state index in [2.05, 4.69) is 155 Å². The van der Waals surface area contributed by atoms with Gasteiger partial charge in [0.2, 0.25) is 0 Å². The van der Waals surface area contributed by atoms with Crippen molar-refractivity contribution in [1.29, 1.82) is 0 Å². The van der Waals surface area contributed by atoms with Crippen LogP contribution in [0.3, 0.4) is 0 Å². The second-order valence-electron chi connectivity index (χ2n) is 13.7. The van der Waals surface area contributed by atoms with E-state index in [1.54, 1.807) is 0 Å². The van der Waals surface area contributed by atoms with Gasteiger partial charge >= 0.3 is 0 Å². The number of nitrogens with zero attached hydrogens (tertiary/aromatic N) is 2. The van der Waals surface area contributed by atoms with Crippen LogP contribution < -0.4 is 0 Å². The zero-order valence-corrected chi connectivity index (χ0v) is 27.9. The third-order valence-corrected chi connectivity index (χ3v) is 10.9. The maximum Gasteiger partial charge on any atom is 0.159 e. The Labute approximate surface area is 296 Å². The molecule has 0 saturated carbocycles. The minimum absolute atomic E-state index is 0.894. The summed E-state index contributed by atoms with van der Waals surface area (Å²) in [7, 11) is 0. The average Bonchev–Trinajstić information content (AvgIpc) is 3.95. The molecule has 4 heterocycles. The molecule has 12 rings (SSSR count). The Hall–Kier alpha value is -7.04. The van der Waals surface area contributed by atoms with Gasteiger partial charge in [-0.3, -0.25) is 0 Å². The number of furan rings is 2. The number of fused-ring (bicyclic) bond motifs is 12. The molecule has 4 nitrogen and oxygen atoms in total. The summed E-state index contributed by atoms with van der Waals surface area (Å²) in [6.07, 6.45) is 0. The molecular formula is C48H28N2O2. The maximum atomic E-state index is 6.51. The van der Waals surface area contributed by atoms with Gasteiger partial charge in [0.15, 0.2) is 5.58 Å². The lowest BCUT2D eigenvalue weighted by molar-refractivity contribution is 0.666. The highest BCUT2D eigenvalue weighted by Crippen LogP contribution is 2.41. The standard InChI is InChI=1S/C48H28N2O2/c1-5-15-40-32(10-1)38-26-29(20-24-42(38)49(40)31-22-23-36-34-12-3-7-18-45(34)51-47(36)28-31)30-21-25-43-39(27-30)33-11-2-6-16-41(33)50(43)44-17-9-14-37-35-13-4-8-19-46(35)52-48(37)44/h1-28H. The first-order valence-corrected chi connectivity index (χ1v) is 17.7. The Morgan fingerprint density at radius 1 is 0.308 bits per heavy atom. The van der Waals surface area contributed by atoms with Crippen molar-refractivity contribution in [3.8, 4) is 22.5 Å². The third-order valence-electron chi connectivity index (χ3n) is 10.9. The normalized spacial score (nSPS) is 12.2. The molecule has 0 atom stereocenters. The van der Waals surface area contributed by atoms with Crippen molar-refractivity contribution in [3.63, 3.8) is 0 Å². The molecule has 0 spiro atoms. The largest absolute Gasteiger partial charge is 0.456 e. The van der Waals surface area contributed by atoms with Gasteiger partial charge in [0.05, 0.1) is 27.8 Å². The molecule has 0 amide bonds. The van der Waals surface area contributed by atoms with Crippen LogP contribution in [0.15, 0.2) is 179 Å². The molecule has 0 aliphatic carbocycles. The van der Waals surface area contributed by atoms with E-state index in [0.29, 0.717) is 0 Å². The van der Waals surface area contributed by atoms with Gasteiger partial charge in [-0.05, 0) is 77.9 Å². The van der Waals surface area contributed by atoms with Gasteiger partial charge in [-0.15, -0.1) is 0 Å². The number of para-hydroxylation sites is 5. The van der Waals surface area contributed by atoms with Crippen LogP contribution in [0.2, 0.25) is 0 Å². The second kappa shape index (κ2) is 10.3. The van der Waals surface area contributed by atoms with Gasteiger partial charge in [-0.2, -0.15) is 0 Å². The average molecular weight is 665 g/mol. The molecule has 4 aromatic heterocycles. The molecule has 0 N–H and O–H groups in total. The topological polar surface area (TPSA) is 36.1 Å². The predicted molar refractivity (Wildman–Crippen MR) is 215 cm³/mol. The molecule has 0 fully saturated rings. The van der Waals surface area contributed by atoms with Crippen LogP contribution in [0.5, 0.6) is 0 Å². The molecule has 0 aliphatic heterocycles. The van der Waals surface area contributed by atoms with Crippen molar-refractivity contribution in [1.82, 2.24) is 9.13 Å². The Morgan fingerprint density at radius 3 is 1.54 bits per heavy atom. The van der Waals surface area contributed by atoms with Crippen LogP contribution in [0.4, 0.5) is 0 Å². The molecule has 0 unspecified atom stereocenters. The molecule has 52 heavy (non-hydrogen) atoms. The van der Waals surface area contributed by atoms with E-state index in [-0.39, 0.29) is 0 Å². The van der Waals surface area contributed by atoms with E-state index in [1.165, 1.54) is 38.2 Å². The molecule has 8 aromatic carbocycles. The zero-order chi connectivity index (χ0) is 33.9. The summed E-state index contributed by atoms with van der Waals surface area (Å²) in [6.45, 7) is 0. The van der Waals surface area contributed by atoms with Gasteiger partial charge < -0.3 is 18.0 Å². The molecule has 0 bridgehead atoms. The van der Waals surface area contributed by atoms with Crippen LogP contribution >= 0.6 is 0 Å². The Kier molecular flexibility index (Phi) is 5.47. The fourth-order valence-electron chi connectivity index (χ4n) is 8.60. The number of hydrogen-bond donors (Lipinski definition) is 0. The number of rotatable bonds is 3. The van der Waals surface area contributed by atoms with Crippen LogP contribution in [0.25, 0.3) is 110 Å². The summed E-state index contributed by atoms with van der Waals surface area (Å²) in [5.74, 6) is 0. The van der Waals surface area contributed by atoms with Crippen molar-refractivity contribution in [3.05, 3.63) is 170 Å². The lowest BCUT2D eigenvalue weighted by Crippen LogP contribution is -1.94. The fourth-order valence-corrected chi connectivity index (χ4v) is 8.60. The Balaban J connectivity index is 1.04. The summed E-state index contributed by atoms with van der Waals surface area (Å²) in [5.41, 5.74) is 12.7. The molecule has 0 aliphatic rings. The Morgan fingerprint density at radius 2 is 0.827 bits per heavy atom. The fraction of sp³-hybridized carbons (Fsp3) is 0.